The van der Waals surface area contributed by atoms with Crippen molar-refractivity contribution >= 4 is 28.8 Å². The third-order valence-electron chi connectivity index (χ3n) is 4.93. The molecular formula is C18H24N4OS. The molecule has 4 rings (SSSR count). The monoisotopic (exact) mass is 344 g/mol. The van der Waals surface area contributed by atoms with E-state index in [9.17, 15) is 4.79 Å². The standard InChI is InChI=1S/C18H24N4OS/c1-13-8-10-24-11-9-21(13)18(23)19-12-17-20-15-4-2-3-5-16(15)22(17)14-6-7-14/h2-5,13-14H,6-12H2,1H3,(H,19,23)/t13-/m0/s1. The van der Waals surface area contributed by atoms with Gasteiger partial charge in [0.25, 0.3) is 0 Å². The minimum Gasteiger partial charge on any atom is -0.331 e. The fourth-order valence-corrected chi connectivity index (χ4v) is 4.45. The van der Waals surface area contributed by atoms with Gasteiger partial charge in [0, 0.05) is 24.4 Å². The van der Waals surface area contributed by atoms with Crippen LogP contribution in [0.5, 0.6) is 0 Å². The summed E-state index contributed by atoms with van der Waals surface area (Å²) in [6, 6.07) is 9.15. The van der Waals surface area contributed by atoms with Crippen LogP contribution in [-0.2, 0) is 6.54 Å². The summed E-state index contributed by atoms with van der Waals surface area (Å²) in [5.41, 5.74) is 2.21. The Kier molecular flexibility index (Phi) is 4.39. The van der Waals surface area contributed by atoms with Crippen molar-refractivity contribution in [3.63, 3.8) is 0 Å². The van der Waals surface area contributed by atoms with Crippen LogP contribution in [0.15, 0.2) is 24.3 Å². The van der Waals surface area contributed by atoms with Crippen LogP contribution in [0.25, 0.3) is 11.0 Å². The summed E-state index contributed by atoms with van der Waals surface area (Å²) >= 11 is 1.93. The van der Waals surface area contributed by atoms with Crippen LogP contribution in [0.3, 0.4) is 0 Å². The van der Waals surface area contributed by atoms with E-state index in [0.29, 0.717) is 18.6 Å². The molecule has 1 saturated carbocycles. The van der Waals surface area contributed by atoms with Gasteiger partial charge in [0.1, 0.15) is 5.82 Å². The average Bonchev–Trinajstić information content (AvgIpc) is 3.38. The number of hydrogen-bond acceptors (Lipinski definition) is 3. The smallest absolute Gasteiger partial charge is 0.318 e. The van der Waals surface area contributed by atoms with Gasteiger partial charge in [-0.3, -0.25) is 0 Å². The Bertz CT molecular complexity index is 740. The topological polar surface area (TPSA) is 50.2 Å². The molecule has 5 nitrogen and oxygen atoms in total. The lowest BCUT2D eigenvalue weighted by Crippen LogP contribution is -2.45. The van der Waals surface area contributed by atoms with Gasteiger partial charge in [0.15, 0.2) is 0 Å². The Morgan fingerprint density at radius 3 is 2.96 bits per heavy atom. The fraction of sp³-hybridized carbons (Fsp3) is 0.556. The van der Waals surface area contributed by atoms with E-state index in [1.807, 2.05) is 28.8 Å². The number of rotatable bonds is 3. The summed E-state index contributed by atoms with van der Waals surface area (Å²) in [5.74, 6) is 3.14. The Morgan fingerprint density at radius 2 is 2.12 bits per heavy atom. The number of para-hydroxylation sites is 2. The van der Waals surface area contributed by atoms with Gasteiger partial charge >= 0.3 is 6.03 Å². The Labute approximate surface area is 146 Å². The molecule has 0 bridgehead atoms. The lowest BCUT2D eigenvalue weighted by Gasteiger charge is -2.27. The van der Waals surface area contributed by atoms with Crippen molar-refractivity contribution in [3.05, 3.63) is 30.1 Å². The number of urea groups is 1. The molecule has 2 amide bonds. The van der Waals surface area contributed by atoms with Crippen molar-refractivity contribution < 1.29 is 4.79 Å². The molecule has 0 unspecified atom stereocenters. The molecule has 0 radical (unpaired) electrons. The first-order valence-electron chi connectivity index (χ1n) is 8.82. The van der Waals surface area contributed by atoms with Crippen LogP contribution in [0, 0.1) is 0 Å². The maximum Gasteiger partial charge on any atom is 0.318 e. The molecule has 1 aromatic heterocycles. The van der Waals surface area contributed by atoms with Gasteiger partial charge in [-0.25, -0.2) is 9.78 Å². The number of nitrogens with one attached hydrogen (secondary N) is 1. The van der Waals surface area contributed by atoms with Gasteiger partial charge in [-0.1, -0.05) is 12.1 Å². The van der Waals surface area contributed by atoms with E-state index in [1.54, 1.807) is 0 Å². The quantitative estimate of drug-likeness (QED) is 0.928. The SMILES string of the molecule is C[C@H]1CCSCCN1C(=O)NCc1nc2ccccc2n1C1CC1. The van der Waals surface area contributed by atoms with Crippen molar-refractivity contribution in [2.24, 2.45) is 0 Å². The highest BCUT2D eigenvalue weighted by molar-refractivity contribution is 7.99. The summed E-state index contributed by atoms with van der Waals surface area (Å²) in [6.07, 6.45) is 3.49. The largest absolute Gasteiger partial charge is 0.331 e. The first-order chi connectivity index (χ1) is 11.7. The summed E-state index contributed by atoms with van der Waals surface area (Å²) in [7, 11) is 0. The number of benzene rings is 1. The van der Waals surface area contributed by atoms with E-state index >= 15 is 0 Å². The molecule has 6 heteroatoms. The first kappa shape index (κ1) is 15.8. The first-order valence-corrected chi connectivity index (χ1v) is 9.97. The molecule has 2 aliphatic rings. The van der Waals surface area contributed by atoms with Crippen LogP contribution in [0.4, 0.5) is 4.79 Å². The highest BCUT2D eigenvalue weighted by atomic mass is 32.2. The lowest BCUT2D eigenvalue weighted by molar-refractivity contribution is 0.182. The van der Waals surface area contributed by atoms with E-state index in [4.69, 9.17) is 4.98 Å². The summed E-state index contributed by atoms with van der Waals surface area (Å²) in [6.45, 7) is 3.47. The number of nitrogens with zero attached hydrogens (tertiary/aromatic N) is 3. The van der Waals surface area contributed by atoms with Gasteiger partial charge < -0.3 is 14.8 Å². The molecule has 1 saturated heterocycles. The minimum atomic E-state index is 0.0411. The molecular weight excluding hydrogens is 320 g/mol. The van der Waals surface area contributed by atoms with Gasteiger partial charge in [-0.05, 0) is 44.1 Å². The van der Waals surface area contributed by atoms with Gasteiger partial charge in [-0.2, -0.15) is 11.8 Å². The molecule has 1 aliphatic carbocycles. The minimum absolute atomic E-state index is 0.0411. The maximum atomic E-state index is 12.6. The third-order valence-corrected chi connectivity index (χ3v) is 5.92. The van der Waals surface area contributed by atoms with E-state index in [0.717, 1.165) is 35.8 Å². The summed E-state index contributed by atoms with van der Waals surface area (Å²) in [4.78, 5) is 19.3. The van der Waals surface area contributed by atoms with Crippen molar-refractivity contribution in [1.82, 2.24) is 19.8 Å². The van der Waals surface area contributed by atoms with Crippen LogP contribution >= 0.6 is 11.8 Å². The molecule has 24 heavy (non-hydrogen) atoms. The van der Waals surface area contributed by atoms with E-state index < -0.39 is 0 Å². The predicted octanol–water partition coefficient (Wildman–Crippen LogP) is 3.41. The Hall–Kier alpha value is -1.69. The van der Waals surface area contributed by atoms with Gasteiger partial charge in [0.2, 0.25) is 0 Å². The Morgan fingerprint density at radius 1 is 1.29 bits per heavy atom. The molecule has 2 heterocycles. The second kappa shape index (κ2) is 6.67. The molecule has 2 aromatic rings. The van der Waals surface area contributed by atoms with Gasteiger partial charge in [0.05, 0.1) is 17.6 Å². The number of amides is 2. The zero-order valence-corrected chi connectivity index (χ0v) is 14.9. The number of fused-ring (bicyclic) bond motifs is 1. The maximum absolute atomic E-state index is 12.6. The molecule has 1 N–H and O–H groups in total. The number of imidazole rings is 1. The average molecular weight is 344 g/mol. The predicted molar refractivity (Wildman–Crippen MR) is 98.3 cm³/mol. The number of thioether (sulfide) groups is 1. The van der Waals surface area contributed by atoms with Gasteiger partial charge in [-0.15, -0.1) is 0 Å². The number of carbonyl (C=O) groups is 1. The highest BCUT2D eigenvalue weighted by Crippen LogP contribution is 2.38. The normalized spacial score (nSPS) is 21.7. The van der Waals surface area contributed by atoms with Crippen LogP contribution in [0.1, 0.15) is 38.1 Å². The van der Waals surface area contributed by atoms with Crippen molar-refractivity contribution in [3.8, 4) is 0 Å². The fourth-order valence-electron chi connectivity index (χ4n) is 3.41. The second-order valence-electron chi connectivity index (χ2n) is 6.72. The highest BCUT2D eigenvalue weighted by Gasteiger charge is 2.28. The van der Waals surface area contributed by atoms with E-state index in [1.165, 1.54) is 18.4 Å². The van der Waals surface area contributed by atoms with Crippen LogP contribution < -0.4 is 5.32 Å². The lowest BCUT2D eigenvalue weighted by atomic mass is 10.2. The zero-order chi connectivity index (χ0) is 16.5. The molecule has 1 aromatic carbocycles. The number of aromatic nitrogens is 2. The number of carbonyl (C=O) groups excluding carboxylic acids is 1. The second-order valence-corrected chi connectivity index (χ2v) is 7.94. The van der Waals surface area contributed by atoms with E-state index in [-0.39, 0.29) is 6.03 Å². The molecule has 0 spiro atoms. The van der Waals surface area contributed by atoms with Crippen molar-refractivity contribution in [1.29, 1.82) is 0 Å². The molecule has 128 valence electrons. The van der Waals surface area contributed by atoms with Crippen molar-refractivity contribution in [2.45, 2.75) is 44.8 Å². The van der Waals surface area contributed by atoms with Crippen molar-refractivity contribution in [2.75, 3.05) is 18.1 Å². The Balaban J connectivity index is 1.50. The molecule has 1 atom stereocenters. The molecule has 1 aliphatic heterocycles. The summed E-state index contributed by atoms with van der Waals surface area (Å²) < 4.78 is 2.32. The van der Waals surface area contributed by atoms with Crippen LogP contribution in [0.2, 0.25) is 0 Å². The third kappa shape index (κ3) is 3.11. The van der Waals surface area contributed by atoms with E-state index in [2.05, 4.69) is 28.9 Å². The van der Waals surface area contributed by atoms with Crippen LogP contribution in [-0.4, -0.2) is 44.6 Å². The summed E-state index contributed by atoms with van der Waals surface area (Å²) in [5, 5.41) is 3.11. The number of hydrogen-bond donors (Lipinski definition) is 1. The molecule has 2 fully saturated rings. The zero-order valence-electron chi connectivity index (χ0n) is 14.1.